The number of rotatable bonds is 4. The highest BCUT2D eigenvalue weighted by atomic mass is 19.3. The number of hydrogen-bond donors (Lipinski definition) is 1. The van der Waals surface area contributed by atoms with Crippen LogP contribution in [0.1, 0.15) is 28.2 Å². The summed E-state index contributed by atoms with van der Waals surface area (Å²) in [5.41, 5.74) is 4.93. The van der Waals surface area contributed by atoms with Gasteiger partial charge in [0.05, 0.1) is 12.8 Å². The molecular weight excluding hydrogens is 206 g/mol. The van der Waals surface area contributed by atoms with E-state index in [0.29, 0.717) is 6.29 Å². The molecule has 0 amide bonds. The van der Waals surface area contributed by atoms with Crippen LogP contribution in [0.2, 0.25) is 0 Å². The molecule has 1 heterocycles. The molecule has 6 heteroatoms. The molecule has 0 bridgehead atoms. The Morgan fingerprint density at radius 3 is 2.73 bits per heavy atom. The molecule has 82 valence electrons. The van der Waals surface area contributed by atoms with Crippen LogP contribution in [0.4, 0.5) is 8.78 Å². The fourth-order valence-electron chi connectivity index (χ4n) is 1.16. The normalized spacial score (nSPS) is 10.5. The number of ether oxygens (including phenoxy) is 1. The zero-order chi connectivity index (χ0) is 11.4. The van der Waals surface area contributed by atoms with Crippen molar-refractivity contribution in [3.8, 4) is 5.75 Å². The van der Waals surface area contributed by atoms with E-state index in [9.17, 15) is 13.6 Å². The number of aldehydes is 1. The quantitative estimate of drug-likeness (QED) is 0.770. The molecule has 0 aliphatic carbocycles. The van der Waals surface area contributed by atoms with Gasteiger partial charge in [0.1, 0.15) is 11.4 Å². The average molecular weight is 216 g/mol. The molecule has 1 aromatic rings. The van der Waals surface area contributed by atoms with E-state index in [1.807, 2.05) is 0 Å². The molecule has 0 aromatic carbocycles. The van der Waals surface area contributed by atoms with Gasteiger partial charge in [-0.2, -0.15) is 0 Å². The molecule has 0 spiro atoms. The number of alkyl halides is 2. The maximum absolute atomic E-state index is 12.5. The van der Waals surface area contributed by atoms with Crippen LogP contribution in [0.15, 0.2) is 6.07 Å². The van der Waals surface area contributed by atoms with Crippen molar-refractivity contribution in [1.82, 2.24) is 4.98 Å². The molecule has 0 fully saturated rings. The standard InChI is InChI=1S/C9H10F2N2O2/c1-15-8-2-5(9(10)11)6(3-12)13-7(8)4-14/h2,4,9H,3,12H2,1H3. The second-order valence-corrected chi connectivity index (χ2v) is 2.73. The third-order valence-corrected chi connectivity index (χ3v) is 1.89. The van der Waals surface area contributed by atoms with Crippen LogP contribution >= 0.6 is 0 Å². The summed E-state index contributed by atoms with van der Waals surface area (Å²) in [5, 5.41) is 0. The van der Waals surface area contributed by atoms with Crippen molar-refractivity contribution in [2.24, 2.45) is 5.73 Å². The zero-order valence-electron chi connectivity index (χ0n) is 8.04. The van der Waals surface area contributed by atoms with Gasteiger partial charge in [-0.25, -0.2) is 13.8 Å². The van der Waals surface area contributed by atoms with E-state index in [2.05, 4.69) is 4.98 Å². The number of pyridine rings is 1. The highest BCUT2D eigenvalue weighted by molar-refractivity contribution is 5.76. The monoisotopic (exact) mass is 216 g/mol. The minimum absolute atomic E-state index is 0.00731. The molecule has 0 atom stereocenters. The number of methoxy groups -OCH3 is 1. The van der Waals surface area contributed by atoms with Crippen molar-refractivity contribution in [3.05, 3.63) is 23.0 Å². The Kier molecular flexibility index (Phi) is 3.68. The fourth-order valence-corrected chi connectivity index (χ4v) is 1.16. The Balaban J connectivity index is 3.33. The van der Waals surface area contributed by atoms with Crippen molar-refractivity contribution < 1.29 is 18.3 Å². The largest absolute Gasteiger partial charge is 0.494 e. The van der Waals surface area contributed by atoms with Gasteiger partial charge in [-0.1, -0.05) is 0 Å². The highest BCUT2D eigenvalue weighted by Gasteiger charge is 2.17. The lowest BCUT2D eigenvalue weighted by Crippen LogP contribution is -2.08. The molecular formula is C9H10F2N2O2. The van der Waals surface area contributed by atoms with Crippen LogP contribution in [-0.4, -0.2) is 18.4 Å². The summed E-state index contributed by atoms with van der Waals surface area (Å²) in [4.78, 5) is 14.3. The van der Waals surface area contributed by atoms with Crippen molar-refractivity contribution in [2.45, 2.75) is 13.0 Å². The average Bonchev–Trinajstić information content (AvgIpc) is 2.26. The van der Waals surface area contributed by atoms with E-state index >= 15 is 0 Å². The lowest BCUT2D eigenvalue weighted by molar-refractivity contribution is 0.111. The first kappa shape index (κ1) is 11.5. The Labute approximate surface area is 85.1 Å². The predicted octanol–water partition coefficient (Wildman–Crippen LogP) is 1.30. The van der Waals surface area contributed by atoms with Gasteiger partial charge in [-0.3, -0.25) is 4.79 Å². The van der Waals surface area contributed by atoms with Gasteiger partial charge in [-0.05, 0) is 6.07 Å². The summed E-state index contributed by atoms with van der Waals surface area (Å²) in [6, 6.07) is 1.09. The predicted molar refractivity (Wildman–Crippen MR) is 49.0 cm³/mol. The van der Waals surface area contributed by atoms with Crippen LogP contribution in [0.25, 0.3) is 0 Å². The van der Waals surface area contributed by atoms with Gasteiger partial charge < -0.3 is 10.5 Å². The van der Waals surface area contributed by atoms with E-state index in [1.165, 1.54) is 7.11 Å². The Morgan fingerprint density at radius 2 is 2.33 bits per heavy atom. The number of carbonyl (C=O) groups excluding carboxylic acids is 1. The summed E-state index contributed by atoms with van der Waals surface area (Å²) < 4.78 is 29.8. The topological polar surface area (TPSA) is 65.2 Å². The zero-order valence-corrected chi connectivity index (χ0v) is 8.04. The molecule has 4 nitrogen and oxygen atoms in total. The summed E-state index contributed by atoms with van der Waals surface area (Å²) in [6.45, 7) is -0.148. The van der Waals surface area contributed by atoms with Crippen molar-refractivity contribution in [1.29, 1.82) is 0 Å². The van der Waals surface area contributed by atoms with Gasteiger partial charge >= 0.3 is 0 Å². The molecule has 0 unspecified atom stereocenters. The molecule has 0 aliphatic rings. The van der Waals surface area contributed by atoms with Crippen LogP contribution in [0.3, 0.4) is 0 Å². The van der Waals surface area contributed by atoms with Crippen molar-refractivity contribution >= 4 is 6.29 Å². The minimum atomic E-state index is -2.69. The molecule has 0 saturated heterocycles. The van der Waals surface area contributed by atoms with Crippen LogP contribution < -0.4 is 10.5 Å². The van der Waals surface area contributed by atoms with Crippen molar-refractivity contribution in [2.75, 3.05) is 7.11 Å². The number of halogens is 2. The first-order valence-corrected chi connectivity index (χ1v) is 4.15. The SMILES string of the molecule is COc1cc(C(F)F)c(CN)nc1C=O. The second kappa shape index (κ2) is 4.79. The minimum Gasteiger partial charge on any atom is -0.494 e. The van der Waals surface area contributed by atoms with E-state index in [4.69, 9.17) is 10.5 Å². The van der Waals surface area contributed by atoms with Gasteiger partial charge in [0.25, 0.3) is 6.43 Å². The third-order valence-electron chi connectivity index (χ3n) is 1.89. The number of nitrogens with zero attached hydrogens (tertiary/aromatic N) is 1. The summed E-state index contributed by atoms with van der Waals surface area (Å²) >= 11 is 0. The van der Waals surface area contributed by atoms with E-state index in [-0.39, 0.29) is 29.2 Å². The molecule has 0 saturated carbocycles. The third kappa shape index (κ3) is 2.27. The maximum atomic E-state index is 12.5. The van der Waals surface area contributed by atoms with Crippen LogP contribution in [0.5, 0.6) is 5.75 Å². The molecule has 1 aromatic heterocycles. The van der Waals surface area contributed by atoms with E-state index in [0.717, 1.165) is 6.07 Å². The molecule has 0 radical (unpaired) electrons. The van der Waals surface area contributed by atoms with E-state index < -0.39 is 6.43 Å². The van der Waals surface area contributed by atoms with E-state index in [1.54, 1.807) is 0 Å². The van der Waals surface area contributed by atoms with Gasteiger partial charge in [0, 0.05) is 12.1 Å². The van der Waals surface area contributed by atoms with Gasteiger partial charge in [0.15, 0.2) is 6.29 Å². The molecule has 1 rings (SSSR count). The van der Waals surface area contributed by atoms with Crippen LogP contribution in [-0.2, 0) is 6.54 Å². The van der Waals surface area contributed by atoms with Crippen LogP contribution in [0, 0.1) is 0 Å². The maximum Gasteiger partial charge on any atom is 0.265 e. The molecule has 0 aliphatic heterocycles. The smallest absolute Gasteiger partial charge is 0.265 e. The number of aromatic nitrogens is 1. The van der Waals surface area contributed by atoms with Gasteiger partial charge in [-0.15, -0.1) is 0 Å². The molecule has 15 heavy (non-hydrogen) atoms. The first-order valence-electron chi connectivity index (χ1n) is 4.15. The Bertz CT molecular complexity index is 369. The van der Waals surface area contributed by atoms with Gasteiger partial charge in [0.2, 0.25) is 0 Å². The molecule has 2 N–H and O–H groups in total. The number of carbonyl (C=O) groups is 1. The Morgan fingerprint density at radius 1 is 1.67 bits per heavy atom. The summed E-state index contributed by atoms with van der Waals surface area (Å²) in [6.07, 6.45) is -2.25. The number of hydrogen-bond acceptors (Lipinski definition) is 4. The summed E-state index contributed by atoms with van der Waals surface area (Å²) in [7, 11) is 1.28. The summed E-state index contributed by atoms with van der Waals surface area (Å²) in [5.74, 6) is 0.0255. The first-order chi connectivity index (χ1) is 7.13. The lowest BCUT2D eigenvalue weighted by atomic mass is 10.1. The van der Waals surface area contributed by atoms with Crippen molar-refractivity contribution in [3.63, 3.8) is 0 Å². The Hall–Kier alpha value is -1.56. The number of nitrogens with two attached hydrogens (primary N) is 1. The second-order valence-electron chi connectivity index (χ2n) is 2.73. The fraction of sp³-hybridized carbons (Fsp3) is 0.333. The lowest BCUT2D eigenvalue weighted by Gasteiger charge is -2.10. The highest BCUT2D eigenvalue weighted by Crippen LogP contribution is 2.27.